The maximum atomic E-state index is 12.0. The zero-order valence-electron chi connectivity index (χ0n) is 14.8. The Balaban J connectivity index is 1.61. The number of aliphatic hydroxyl groups excluding tert-OH is 1. The number of nitrogens with zero attached hydrogens (tertiary/aromatic N) is 1. The second-order valence-electron chi connectivity index (χ2n) is 7.53. The fraction of sp³-hybridized carbons (Fsp3) is 0.944. The van der Waals surface area contributed by atoms with Crippen LogP contribution < -0.4 is 5.32 Å². The molecule has 2 unspecified atom stereocenters. The van der Waals surface area contributed by atoms with Gasteiger partial charge in [0.05, 0.1) is 11.9 Å². The number of piperidine rings is 1. The van der Waals surface area contributed by atoms with Crippen molar-refractivity contribution in [1.82, 2.24) is 10.2 Å². The lowest BCUT2D eigenvalue weighted by molar-refractivity contribution is -0.119. The number of thioether (sulfide) groups is 1. The Bertz CT molecular complexity index is 357. The Hall–Kier alpha value is -0.260. The molecule has 1 saturated carbocycles. The summed E-state index contributed by atoms with van der Waals surface area (Å²) in [5, 5.41) is 13.4. The van der Waals surface area contributed by atoms with Crippen molar-refractivity contribution in [3.8, 4) is 0 Å². The van der Waals surface area contributed by atoms with Crippen LogP contribution in [0.4, 0.5) is 0 Å². The molecule has 2 atom stereocenters. The first-order valence-corrected chi connectivity index (χ1v) is 10.5. The van der Waals surface area contributed by atoms with Gasteiger partial charge in [0, 0.05) is 25.2 Å². The van der Waals surface area contributed by atoms with Gasteiger partial charge in [0.25, 0.3) is 0 Å². The van der Waals surface area contributed by atoms with Crippen LogP contribution in [-0.4, -0.2) is 58.7 Å². The van der Waals surface area contributed by atoms with E-state index in [-0.39, 0.29) is 12.0 Å². The topological polar surface area (TPSA) is 52.6 Å². The average Bonchev–Trinajstić information content (AvgIpc) is 2.53. The Morgan fingerprint density at radius 1 is 1.22 bits per heavy atom. The Kier molecular flexibility index (Phi) is 8.21. The zero-order valence-corrected chi connectivity index (χ0v) is 15.6. The van der Waals surface area contributed by atoms with Gasteiger partial charge < -0.3 is 10.4 Å². The molecule has 0 bridgehead atoms. The molecule has 2 rings (SSSR count). The molecule has 2 fully saturated rings. The van der Waals surface area contributed by atoms with Gasteiger partial charge in [-0.2, -0.15) is 11.8 Å². The predicted octanol–water partition coefficient (Wildman–Crippen LogP) is 2.65. The van der Waals surface area contributed by atoms with Crippen LogP contribution in [0.25, 0.3) is 0 Å². The van der Waals surface area contributed by atoms with Crippen LogP contribution in [0.2, 0.25) is 0 Å². The van der Waals surface area contributed by atoms with E-state index in [2.05, 4.69) is 24.1 Å². The van der Waals surface area contributed by atoms with Crippen molar-refractivity contribution in [3.63, 3.8) is 0 Å². The average molecular weight is 343 g/mol. The number of amides is 1. The van der Waals surface area contributed by atoms with Crippen LogP contribution in [0.15, 0.2) is 0 Å². The molecule has 5 heteroatoms. The molecule has 0 aromatic rings. The zero-order chi connectivity index (χ0) is 16.7. The third-order valence-corrected chi connectivity index (χ3v) is 6.12. The summed E-state index contributed by atoms with van der Waals surface area (Å²) in [6.07, 6.45) is 7.56. The molecule has 2 aliphatic rings. The molecule has 1 aliphatic heterocycles. The smallest absolute Gasteiger partial charge is 0.230 e. The monoisotopic (exact) mass is 342 g/mol. The number of hydrogen-bond donors (Lipinski definition) is 2. The van der Waals surface area contributed by atoms with Gasteiger partial charge in [-0.3, -0.25) is 9.69 Å². The molecule has 0 aromatic carbocycles. The van der Waals surface area contributed by atoms with Crippen molar-refractivity contribution >= 4 is 17.7 Å². The number of rotatable bonds is 7. The summed E-state index contributed by atoms with van der Waals surface area (Å²) in [6, 6.07) is 0.678. The molecule has 4 nitrogen and oxygen atoms in total. The van der Waals surface area contributed by atoms with Crippen molar-refractivity contribution in [2.45, 2.75) is 77.0 Å². The van der Waals surface area contributed by atoms with Crippen LogP contribution >= 0.6 is 11.8 Å². The lowest BCUT2D eigenvalue weighted by Crippen LogP contribution is -2.52. The first kappa shape index (κ1) is 19.1. The van der Waals surface area contributed by atoms with Crippen molar-refractivity contribution in [2.75, 3.05) is 24.6 Å². The van der Waals surface area contributed by atoms with E-state index in [4.69, 9.17) is 0 Å². The lowest BCUT2D eigenvalue weighted by Gasteiger charge is -2.41. The van der Waals surface area contributed by atoms with E-state index in [1.165, 1.54) is 19.3 Å². The molecule has 134 valence electrons. The number of hydrogen-bond acceptors (Lipinski definition) is 4. The minimum atomic E-state index is -0.146. The number of aliphatic hydroxyl groups is 1. The fourth-order valence-electron chi connectivity index (χ4n) is 3.65. The second-order valence-corrected chi connectivity index (χ2v) is 8.64. The Labute approximate surface area is 145 Å². The molecule has 0 spiro atoms. The molecule has 23 heavy (non-hydrogen) atoms. The number of likely N-dealkylation sites (tertiary alicyclic amines) is 1. The first-order valence-electron chi connectivity index (χ1n) is 9.35. The Morgan fingerprint density at radius 2 is 1.91 bits per heavy atom. The first-order chi connectivity index (χ1) is 11.1. The summed E-state index contributed by atoms with van der Waals surface area (Å²) in [5.74, 6) is 2.57. The number of nitrogens with one attached hydrogen (secondary N) is 1. The van der Waals surface area contributed by atoms with E-state index in [1.807, 2.05) is 0 Å². The molecular formula is C18H34N2O2S. The summed E-state index contributed by atoms with van der Waals surface area (Å²) in [4.78, 5) is 14.5. The standard InChI is InChI=1S/C18H34N2O2S/c1-14(2)9-12-23-13-18(22)19-15-7-10-20(11-8-15)16-5-3-4-6-17(16)21/h14-17,21H,3-13H2,1-2H3,(H,19,22). The predicted molar refractivity (Wildman–Crippen MR) is 97.8 cm³/mol. The van der Waals surface area contributed by atoms with Gasteiger partial charge >= 0.3 is 0 Å². The van der Waals surface area contributed by atoms with Crippen LogP contribution in [0.5, 0.6) is 0 Å². The fourth-order valence-corrected chi connectivity index (χ4v) is 4.70. The van der Waals surface area contributed by atoms with Gasteiger partial charge in [-0.15, -0.1) is 0 Å². The summed E-state index contributed by atoms with van der Waals surface area (Å²) in [6.45, 7) is 6.45. The summed E-state index contributed by atoms with van der Waals surface area (Å²) in [5.41, 5.74) is 0. The van der Waals surface area contributed by atoms with Crippen molar-refractivity contribution in [1.29, 1.82) is 0 Å². The van der Waals surface area contributed by atoms with E-state index in [1.54, 1.807) is 11.8 Å². The van der Waals surface area contributed by atoms with Crippen LogP contribution in [0.3, 0.4) is 0 Å². The SMILES string of the molecule is CC(C)CCSCC(=O)NC1CCN(C2CCCCC2O)CC1. The third-order valence-electron chi connectivity index (χ3n) is 5.13. The highest BCUT2D eigenvalue weighted by atomic mass is 32.2. The molecule has 1 aliphatic carbocycles. The van der Waals surface area contributed by atoms with E-state index in [0.29, 0.717) is 23.8 Å². The summed E-state index contributed by atoms with van der Waals surface area (Å²) >= 11 is 1.75. The normalized spacial score (nSPS) is 27.3. The maximum Gasteiger partial charge on any atom is 0.230 e. The Morgan fingerprint density at radius 3 is 2.57 bits per heavy atom. The largest absolute Gasteiger partial charge is 0.391 e. The van der Waals surface area contributed by atoms with Gasteiger partial charge in [-0.1, -0.05) is 26.7 Å². The third kappa shape index (κ3) is 6.63. The van der Waals surface area contributed by atoms with Crippen LogP contribution in [0.1, 0.15) is 58.8 Å². The minimum Gasteiger partial charge on any atom is -0.391 e. The van der Waals surface area contributed by atoms with E-state index < -0.39 is 0 Å². The van der Waals surface area contributed by atoms with Crippen molar-refractivity contribution in [3.05, 3.63) is 0 Å². The molecule has 1 amide bonds. The lowest BCUT2D eigenvalue weighted by atomic mass is 9.89. The van der Waals surface area contributed by atoms with Crippen molar-refractivity contribution in [2.24, 2.45) is 5.92 Å². The molecule has 1 saturated heterocycles. The van der Waals surface area contributed by atoms with Gasteiger partial charge in [0.2, 0.25) is 5.91 Å². The van der Waals surface area contributed by atoms with Gasteiger partial charge in [-0.05, 0) is 43.8 Å². The van der Waals surface area contributed by atoms with E-state index in [0.717, 1.165) is 44.5 Å². The van der Waals surface area contributed by atoms with Crippen LogP contribution in [0, 0.1) is 5.92 Å². The molecule has 0 radical (unpaired) electrons. The highest BCUT2D eigenvalue weighted by Gasteiger charge is 2.31. The molecular weight excluding hydrogens is 308 g/mol. The van der Waals surface area contributed by atoms with Crippen LogP contribution in [-0.2, 0) is 4.79 Å². The summed E-state index contributed by atoms with van der Waals surface area (Å²) in [7, 11) is 0. The quantitative estimate of drug-likeness (QED) is 0.699. The number of carbonyl (C=O) groups excluding carboxylic acids is 1. The second kappa shape index (κ2) is 9.90. The highest BCUT2D eigenvalue weighted by molar-refractivity contribution is 7.99. The van der Waals surface area contributed by atoms with E-state index >= 15 is 0 Å². The van der Waals surface area contributed by atoms with E-state index in [9.17, 15) is 9.90 Å². The van der Waals surface area contributed by atoms with Gasteiger partial charge in [0.1, 0.15) is 0 Å². The molecule has 0 aromatic heterocycles. The summed E-state index contributed by atoms with van der Waals surface area (Å²) < 4.78 is 0. The minimum absolute atomic E-state index is 0.146. The number of carbonyl (C=O) groups is 1. The highest BCUT2D eigenvalue weighted by Crippen LogP contribution is 2.25. The maximum absolute atomic E-state index is 12.0. The molecule has 1 heterocycles. The molecule has 2 N–H and O–H groups in total. The van der Waals surface area contributed by atoms with Gasteiger partial charge in [0.15, 0.2) is 0 Å². The van der Waals surface area contributed by atoms with Gasteiger partial charge in [-0.25, -0.2) is 0 Å². The van der Waals surface area contributed by atoms with Crippen molar-refractivity contribution < 1.29 is 9.90 Å².